The third kappa shape index (κ3) is 4.49. The van der Waals surface area contributed by atoms with Crippen LogP contribution in [0, 0.1) is 0 Å². The lowest BCUT2D eigenvalue weighted by atomic mass is 9.83. The number of allylic oxidation sites excluding steroid dienone is 1. The predicted octanol–water partition coefficient (Wildman–Crippen LogP) is 5.29. The third-order valence-corrected chi connectivity index (χ3v) is 8.90. The van der Waals surface area contributed by atoms with E-state index < -0.39 is 5.97 Å². The Bertz CT molecular complexity index is 2130. The Morgan fingerprint density at radius 1 is 0.977 bits per heavy atom. The van der Waals surface area contributed by atoms with Crippen LogP contribution in [0.3, 0.4) is 0 Å². The number of furan rings is 1. The van der Waals surface area contributed by atoms with Crippen molar-refractivity contribution < 1.29 is 23.8 Å². The van der Waals surface area contributed by atoms with E-state index in [2.05, 4.69) is 12.1 Å². The molecule has 1 aliphatic carbocycles. The number of carboxylic acid groups (broad SMARTS) is 1. The van der Waals surface area contributed by atoms with Gasteiger partial charge in [0.25, 0.3) is 5.56 Å². The summed E-state index contributed by atoms with van der Waals surface area (Å²) in [5.74, 6) is 1.01. The van der Waals surface area contributed by atoms with Gasteiger partial charge in [0.2, 0.25) is 0 Å². The van der Waals surface area contributed by atoms with Crippen LogP contribution < -0.4 is 24.4 Å². The van der Waals surface area contributed by atoms with E-state index in [0.717, 1.165) is 35.2 Å². The first-order valence-electron chi connectivity index (χ1n) is 13.7. The summed E-state index contributed by atoms with van der Waals surface area (Å²) in [6, 6.07) is 23.8. The SMILES string of the molecule is COc1ccc([C@H]2C3=C(N=c4s/c(=C\c5ccc(-c6ccccc6C(=O)O)o5)c(=O)n42)c2ccccc2CC3)cc1OC. The summed E-state index contributed by atoms with van der Waals surface area (Å²) in [4.78, 5) is 31.5. The van der Waals surface area contributed by atoms with Crippen molar-refractivity contribution in [2.75, 3.05) is 14.2 Å². The minimum Gasteiger partial charge on any atom is -0.493 e. The molecule has 9 heteroatoms. The number of aryl methyl sites for hydroxylation is 1. The van der Waals surface area contributed by atoms with Gasteiger partial charge in [-0.1, -0.05) is 59.9 Å². The van der Waals surface area contributed by atoms with E-state index >= 15 is 0 Å². The standard InChI is InChI=1S/C34H26N2O6S/c1-40-27-15-12-20(17-28(27)41-2)31-25-14-11-19-7-3-4-8-22(19)30(25)35-34-36(31)32(37)29(43-34)18-21-13-16-26(42-21)23-9-5-6-10-24(23)33(38)39/h3-10,12-13,15-18,31H,11,14H2,1-2H3,(H,38,39)/b29-18-/t31-/m0/s1. The van der Waals surface area contributed by atoms with Crippen molar-refractivity contribution in [2.24, 2.45) is 4.99 Å². The first-order valence-corrected chi connectivity index (χ1v) is 14.6. The van der Waals surface area contributed by atoms with Gasteiger partial charge in [-0.05, 0) is 59.9 Å². The molecule has 5 aromatic rings. The lowest BCUT2D eigenvalue weighted by molar-refractivity contribution is 0.0697. The number of nitrogens with zero attached hydrogens (tertiary/aromatic N) is 2. The number of ether oxygens (including phenoxy) is 2. The van der Waals surface area contributed by atoms with Gasteiger partial charge in [0.15, 0.2) is 16.3 Å². The Morgan fingerprint density at radius 2 is 1.74 bits per heavy atom. The lowest BCUT2D eigenvalue weighted by Crippen LogP contribution is -2.38. The number of carbonyl (C=O) groups is 1. The summed E-state index contributed by atoms with van der Waals surface area (Å²) in [5, 5.41) is 9.61. The molecule has 2 aliphatic rings. The average Bonchev–Trinajstić information content (AvgIpc) is 3.63. The highest BCUT2D eigenvalue weighted by atomic mass is 32.1. The van der Waals surface area contributed by atoms with Crippen LogP contribution in [0.25, 0.3) is 23.1 Å². The van der Waals surface area contributed by atoms with Gasteiger partial charge in [0.05, 0.1) is 36.1 Å². The van der Waals surface area contributed by atoms with Gasteiger partial charge < -0.3 is 19.0 Å². The number of thiazole rings is 1. The monoisotopic (exact) mass is 590 g/mol. The number of methoxy groups -OCH3 is 2. The summed E-state index contributed by atoms with van der Waals surface area (Å²) < 4.78 is 19.3. The molecule has 3 aromatic carbocycles. The topological polar surface area (TPSA) is 103 Å². The molecule has 214 valence electrons. The van der Waals surface area contributed by atoms with Crippen molar-refractivity contribution >= 4 is 29.1 Å². The van der Waals surface area contributed by atoms with E-state index in [1.165, 1.54) is 23.0 Å². The van der Waals surface area contributed by atoms with E-state index in [0.29, 0.717) is 37.9 Å². The molecule has 0 unspecified atom stereocenters. The Morgan fingerprint density at radius 3 is 2.53 bits per heavy atom. The average molecular weight is 591 g/mol. The zero-order chi connectivity index (χ0) is 29.7. The highest BCUT2D eigenvalue weighted by Gasteiger charge is 2.33. The van der Waals surface area contributed by atoms with Crippen molar-refractivity contribution in [3.8, 4) is 22.8 Å². The summed E-state index contributed by atoms with van der Waals surface area (Å²) in [5.41, 5.74) is 5.63. The highest BCUT2D eigenvalue weighted by Crippen LogP contribution is 2.42. The quantitative estimate of drug-likeness (QED) is 0.288. The molecule has 43 heavy (non-hydrogen) atoms. The van der Waals surface area contributed by atoms with E-state index in [1.54, 1.807) is 55.2 Å². The van der Waals surface area contributed by atoms with E-state index in [9.17, 15) is 14.7 Å². The normalized spacial score (nSPS) is 15.8. The third-order valence-electron chi connectivity index (χ3n) is 7.92. The van der Waals surface area contributed by atoms with Gasteiger partial charge >= 0.3 is 5.97 Å². The van der Waals surface area contributed by atoms with Crippen LogP contribution in [0.15, 0.2) is 98.6 Å². The molecule has 1 aliphatic heterocycles. The first kappa shape index (κ1) is 26.7. The smallest absolute Gasteiger partial charge is 0.336 e. The fourth-order valence-electron chi connectivity index (χ4n) is 5.93. The number of benzene rings is 3. The molecular weight excluding hydrogens is 564 g/mol. The molecule has 1 N–H and O–H groups in total. The molecule has 7 rings (SSSR count). The maximum Gasteiger partial charge on any atom is 0.336 e. The van der Waals surface area contributed by atoms with Crippen LogP contribution in [-0.2, 0) is 6.42 Å². The predicted molar refractivity (Wildman–Crippen MR) is 163 cm³/mol. The van der Waals surface area contributed by atoms with Crippen molar-refractivity contribution in [3.63, 3.8) is 0 Å². The van der Waals surface area contributed by atoms with Gasteiger partial charge in [0, 0.05) is 17.2 Å². The molecule has 0 amide bonds. The molecule has 1 atom stereocenters. The Labute approximate surface area is 250 Å². The number of aromatic nitrogens is 1. The number of fused-ring (bicyclic) bond motifs is 3. The zero-order valence-electron chi connectivity index (χ0n) is 23.4. The fourth-order valence-corrected chi connectivity index (χ4v) is 6.92. The molecular formula is C34H26N2O6S. The summed E-state index contributed by atoms with van der Waals surface area (Å²) >= 11 is 1.30. The Balaban J connectivity index is 1.40. The number of hydrogen-bond acceptors (Lipinski definition) is 7. The van der Waals surface area contributed by atoms with Gasteiger partial charge in [-0.2, -0.15) is 0 Å². The molecule has 0 bridgehead atoms. The lowest BCUT2D eigenvalue weighted by Gasteiger charge is -2.31. The van der Waals surface area contributed by atoms with Gasteiger partial charge in [-0.25, -0.2) is 9.79 Å². The largest absolute Gasteiger partial charge is 0.493 e. The van der Waals surface area contributed by atoms with Gasteiger partial charge in [-0.15, -0.1) is 0 Å². The molecule has 2 aromatic heterocycles. The molecule has 0 saturated carbocycles. The first-order chi connectivity index (χ1) is 21.0. The van der Waals surface area contributed by atoms with Crippen molar-refractivity contribution in [3.05, 3.63) is 132 Å². The second-order valence-electron chi connectivity index (χ2n) is 10.3. The van der Waals surface area contributed by atoms with Crippen LogP contribution in [0.5, 0.6) is 11.5 Å². The number of aromatic carboxylic acids is 1. The van der Waals surface area contributed by atoms with E-state index in [-0.39, 0.29) is 17.2 Å². The van der Waals surface area contributed by atoms with E-state index in [1.807, 2.05) is 30.3 Å². The maximum atomic E-state index is 14.1. The van der Waals surface area contributed by atoms with Crippen molar-refractivity contribution in [1.82, 2.24) is 4.57 Å². The van der Waals surface area contributed by atoms with Crippen LogP contribution in [0.2, 0.25) is 0 Å². The highest BCUT2D eigenvalue weighted by molar-refractivity contribution is 7.07. The van der Waals surface area contributed by atoms with Crippen LogP contribution in [0.4, 0.5) is 0 Å². The van der Waals surface area contributed by atoms with Crippen LogP contribution in [-0.4, -0.2) is 29.9 Å². The Hall–Kier alpha value is -5.15. The number of carboxylic acids is 1. The summed E-state index contributed by atoms with van der Waals surface area (Å²) in [7, 11) is 3.20. The minimum absolute atomic E-state index is 0.142. The second kappa shape index (κ2) is 10.6. The van der Waals surface area contributed by atoms with Crippen molar-refractivity contribution in [1.29, 1.82) is 0 Å². The van der Waals surface area contributed by atoms with Gasteiger partial charge in [-0.3, -0.25) is 9.36 Å². The summed E-state index contributed by atoms with van der Waals surface area (Å²) in [6.07, 6.45) is 3.31. The van der Waals surface area contributed by atoms with Crippen LogP contribution in [0.1, 0.15) is 45.3 Å². The molecule has 0 radical (unpaired) electrons. The molecule has 3 heterocycles. The molecule has 0 spiro atoms. The number of hydrogen-bond donors (Lipinski definition) is 1. The molecule has 0 fully saturated rings. The maximum absolute atomic E-state index is 14.1. The van der Waals surface area contributed by atoms with E-state index in [4.69, 9.17) is 18.9 Å². The van der Waals surface area contributed by atoms with Crippen LogP contribution >= 0.6 is 11.3 Å². The fraction of sp³-hybridized carbons (Fsp3) is 0.147. The minimum atomic E-state index is -1.04. The second-order valence-corrected chi connectivity index (χ2v) is 11.3. The Kier molecular flexibility index (Phi) is 6.59. The molecule has 8 nitrogen and oxygen atoms in total. The van der Waals surface area contributed by atoms with Gasteiger partial charge in [0.1, 0.15) is 11.5 Å². The number of rotatable bonds is 6. The zero-order valence-corrected chi connectivity index (χ0v) is 24.2. The summed E-state index contributed by atoms with van der Waals surface area (Å²) in [6.45, 7) is 0. The van der Waals surface area contributed by atoms with Crippen molar-refractivity contribution in [2.45, 2.75) is 18.9 Å². The molecule has 0 saturated heterocycles.